The zero-order valence-electron chi connectivity index (χ0n) is 16.4. The van der Waals surface area contributed by atoms with Crippen molar-refractivity contribution in [1.29, 1.82) is 0 Å². The lowest BCUT2D eigenvalue weighted by molar-refractivity contribution is -0.385. The number of amides is 1. The smallest absolute Gasteiger partial charge is 0.345 e. The molecule has 0 aromatic heterocycles. The number of nitrogens with one attached hydrogen (secondary N) is 1. The maximum Gasteiger partial charge on any atom is 0.345 e. The lowest BCUT2D eigenvalue weighted by Gasteiger charge is -2.29. The molecule has 0 heterocycles. The fourth-order valence-corrected chi connectivity index (χ4v) is 3.28. The van der Waals surface area contributed by atoms with Gasteiger partial charge in [0.2, 0.25) is 0 Å². The first-order valence-corrected chi connectivity index (χ1v) is 9.33. The van der Waals surface area contributed by atoms with Crippen molar-refractivity contribution in [3.8, 4) is 11.5 Å². The summed E-state index contributed by atoms with van der Waals surface area (Å²) >= 11 is 0. The molecule has 2 atom stereocenters. The van der Waals surface area contributed by atoms with Crippen molar-refractivity contribution >= 4 is 17.6 Å². The quantitative estimate of drug-likeness (QED) is 0.409. The van der Waals surface area contributed by atoms with Crippen LogP contribution in [0.3, 0.4) is 0 Å². The standard InChI is InChI=1S/C19H26N2O7/c1-4-27-17-9-13(15(21(24)25)10-16(17)26-3)19(23)28-11-18(22)20-14-8-6-5-7-12(14)2/h9-10,12,14H,4-8,11H2,1-3H3,(H,20,22)/t12-,14-/m1/s1. The molecular weight excluding hydrogens is 368 g/mol. The molecule has 1 N–H and O–H groups in total. The highest BCUT2D eigenvalue weighted by atomic mass is 16.6. The molecule has 1 aromatic carbocycles. The molecular formula is C19H26N2O7. The van der Waals surface area contributed by atoms with Crippen LogP contribution in [0, 0.1) is 16.0 Å². The maximum absolute atomic E-state index is 12.4. The molecule has 1 fully saturated rings. The number of carbonyl (C=O) groups is 2. The van der Waals surface area contributed by atoms with Crippen molar-refractivity contribution in [3.63, 3.8) is 0 Å². The molecule has 0 radical (unpaired) electrons. The Bertz CT molecular complexity index is 735. The number of benzene rings is 1. The van der Waals surface area contributed by atoms with E-state index >= 15 is 0 Å². The van der Waals surface area contributed by atoms with E-state index < -0.39 is 29.1 Å². The van der Waals surface area contributed by atoms with Gasteiger partial charge in [-0.05, 0) is 25.7 Å². The van der Waals surface area contributed by atoms with Crippen molar-refractivity contribution in [2.24, 2.45) is 5.92 Å². The van der Waals surface area contributed by atoms with Crippen molar-refractivity contribution < 1.29 is 28.7 Å². The molecule has 0 spiro atoms. The molecule has 0 unspecified atom stereocenters. The lowest BCUT2D eigenvalue weighted by Crippen LogP contribution is -2.42. The van der Waals surface area contributed by atoms with Crippen LogP contribution >= 0.6 is 0 Å². The van der Waals surface area contributed by atoms with Crippen LogP contribution in [0.1, 0.15) is 49.9 Å². The molecule has 1 aromatic rings. The molecule has 154 valence electrons. The Morgan fingerprint density at radius 3 is 2.57 bits per heavy atom. The molecule has 1 aliphatic rings. The average Bonchev–Trinajstić information content (AvgIpc) is 2.67. The van der Waals surface area contributed by atoms with E-state index in [0.717, 1.165) is 31.7 Å². The summed E-state index contributed by atoms with van der Waals surface area (Å²) in [4.78, 5) is 35.1. The minimum absolute atomic E-state index is 0.0554. The lowest BCUT2D eigenvalue weighted by atomic mass is 9.86. The molecule has 0 aliphatic heterocycles. The number of rotatable bonds is 8. The van der Waals surface area contributed by atoms with Gasteiger partial charge in [-0.2, -0.15) is 0 Å². The van der Waals surface area contributed by atoms with Crippen LogP contribution in [-0.2, 0) is 9.53 Å². The van der Waals surface area contributed by atoms with Gasteiger partial charge in [0.1, 0.15) is 5.56 Å². The third-order valence-corrected chi connectivity index (χ3v) is 4.79. The van der Waals surface area contributed by atoms with Crippen LogP contribution in [0.15, 0.2) is 12.1 Å². The normalized spacial score (nSPS) is 18.8. The second-order valence-electron chi connectivity index (χ2n) is 6.72. The minimum Gasteiger partial charge on any atom is -0.493 e. The third kappa shape index (κ3) is 5.34. The molecule has 9 heteroatoms. The van der Waals surface area contributed by atoms with E-state index in [9.17, 15) is 19.7 Å². The van der Waals surface area contributed by atoms with Crippen molar-refractivity contribution in [3.05, 3.63) is 27.8 Å². The zero-order valence-corrected chi connectivity index (χ0v) is 16.4. The summed E-state index contributed by atoms with van der Waals surface area (Å²) in [5, 5.41) is 14.2. The first-order chi connectivity index (χ1) is 13.4. The number of nitro benzene ring substituents is 1. The van der Waals surface area contributed by atoms with Crippen LogP contribution in [0.4, 0.5) is 5.69 Å². The van der Waals surface area contributed by atoms with Crippen LogP contribution < -0.4 is 14.8 Å². The van der Waals surface area contributed by atoms with E-state index in [-0.39, 0.29) is 29.7 Å². The van der Waals surface area contributed by atoms with E-state index in [1.54, 1.807) is 6.92 Å². The summed E-state index contributed by atoms with van der Waals surface area (Å²) in [6, 6.07) is 2.36. The van der Waals surface area contributed by atoms with Crippen LogP contribution in [0.25, 0.3) is 0 Å². The number of hydrogen-bond acceptors (Lipinski definition) is 7. The highest BCUT2D eigenvalue weighted by Gasteiger charge is 2.27. The molecule has 0 bridgehead atoms. The predicted molar refractivity (Wildman–Crippen MR) is 101 cm³/mol. The topological polar surface area (TPSA) is 117 Å². The van der Waals surface area contributed by atoms with Gasteiger partial charge in [-0.3, -0.25) is 14.9 Å². The van der Waals surface area contributed by atoms with Gasteiger partial charge in [0, 0.05) is 12.1 Å². The Labute approximate surface area is 163 Å². The maximum atomic E-state index is 12.4. The highest BCUT2D eigenvalue weighted by molar-refractivity contribution is 5.96. The molecule has 1 saturated carbocycles. The average molecular weight is 394 g/mol. The monoisotopic (exact) mass is 394 g/mol. The summed E-state index contributed by atoms with van der Waals surface area (Å²) in [5.41, 5.74) is -0.778. The van der Waals surface area contributed by atoms with E-state index in [2.05, 4.69) is 12.2 Å². The molecule has 28 heavy (non-hydrogen) atoms. The number of nitrogens with zero attached hydrogens (tertiary/aromatic N) is 1. The molecule has 2 rings (SSSR count). The van der Waals surface area contributed by atoms with Crippen LogP contribution in [-0.4, -0.2) is 43.2 Å². The molecule has 9 nitrogen and oxygen atoms in total. The van der Waals surface area contributed by atoms with Crippen LogP contribution in [0.2, 0.25) is 0 Å². The zero-order chi connectivity index (χ0) is 20.7. The van der Waals surface area contributed by atoms with Gasteiger partial charge >= 0.3 is 5.97 Å². The molecule has 1 aliphatic carbocycles. The predicted octanol–water partition coefficient (Wildman–Crippen LogP) is 2.85. The summed E-state index contributed by atoms with van der Waals surface area (Å²) in [6.07, 6.45) is 4.13. The molecule has 1 amide bonds. The first kappa shape index (κ1) is 21.5. The fraction of sp³-hybridized carbons (Fsp3) is 0.579. The van der Waals surface area contributed by atoms with E-state index in [4.69, 9.17) is 14.2 Å². The van der Waals surface area contributed by atoms with Crippen molar-refractivity contribution in [2.45, 2.75) is 45.6 Å². The Morgan fingerprint density at radius 1 is 1.25 bits per heavy atom. The van der Waals surface area contributed by atoms with Gasteiger partial charge in [0.05, 0.1) is 24.7 Å². The van der Waals surface area contributed by atoms with Gasteiger partial charge in [-0.1, -0.05) is 19.8 Å². The summed E-state index contributed by atoms with van der Waals surface area (Å²) in [7, 11) is 1.34. The highest BCUT2D eigenvalue weighted by Crippen LogP contribution is 2.35. The van der Waals surface area contributed by atoms with Gasteiger partial charge in [-0.25, -0.2) is 4.79 Å². The summed E-state index contributed by atoms with van der Waals surface area (Å²) in [5.74, 6) is -0.711. The number of hydrogen-bond donors (Lipinski definition) is 1. The SMILES string of the molecule is CCOc1cc(C(=O)OCC(=O)N[C@@H]2CCCC[C@H]2C)c([N+](=O)[O-])cc1OC. The van der Waals surface area contributed by atoms with Gasteiger partial charge in [0.25, 0.3) is 11.6 Å². The third-order valence-electron chi connectivity index (χ3n) is 4.79. The number of esters is 1. The van der Waals surface area contributed by atoms with Gasteiger partial charge in [0.15, 0.2) is 18.1 Å². The van der Waals surface area contributed by atoms with Crippen molar-refractivity contribution in [1.82, 2.24) is 5.32 Å². The Balaban J connectivity index is 2.08. The van der Waals surface area contributed by atoms with E-state index in [1.165, 1.54) is 13.2 Å². The van der Waals surface area contributed by atoms with Gasteiger partial charge in [-0.15, -0.1) is 0 Å². The van der Waals surface area contributed by atoms with Gasteiger partial charge < -0.3 is 19.5 Å². The van der Waals surface area contributed by atoms with E-state index in [1.807, 2.05) is 0 Å². The Morgan fingerprint density at radius 2 is 1.96 bits per heavy atom. The number of carbonyl (C=O) groups excluding carboxylic acids is 2. The number of ether oxygens (including phenoxy) is 3. The number of nitro groups is 1. The largest absolute Gasteiger partial charge is 0.493 e. The minimum atomic E-state index is -0.970. The first-order valence-electron chi connectivity index (χ1n) is 9.33. The Hall–Kier alpha value is -2.84. The second kappa shape index (κ2) is 9.91. The van der Waals surface area contributed by atoms with Crippen LogP contribution in [0.5, 0.6) is 11.5 Å². The van der Waals surface area contributed by atoms with Crippen molar-refractivity contribution in [2.75, 3.05) is 20.3 Å². The molecule has 0 saturated heterocycles. The second-order valence-corrected chi connectivity index (χ2v) is 6.72. The van der Waals surface area contributed by atoms with E-state index in [0.29, 0.717) is 5.92 Å². The summed E-state index contributed by atoms with van der Waals surface area (Å²) < 4.78 is 15.4. The fourth-order valence-electron chi connectivity index (χ4n) is 3.28. The summed E-state index contributed by atoms with van der Waals surface area (Å²) in [6.45, 7) is 3.58. The number of methoxy groups -OCH3 is 1. The Kier molecular flexibility index (Phi) is 7.60.